The molecule has 9 heavy (non-hydrogen) atoms. The summed E-state index contributed by atoms with van der Waals surface area (Å²) < 4.78 is 5.58. The SMILES string of the molecule is CCC1(C)OCCCS1. The highest BCUT2D eigenvalue weighted by molar-refractivity contribution is 8.00. The molecular formula is C7H14OS. The van der Waals surface area contributed by atoms with E-state index in [4.69, 9.17) is 4.74 Å². The molecule has 2 heteroatoms. The summed E-state index contributed by atoms with van der Waals surface area (Å²) in [5.41, 5.74) is 0. The molecular weight excluding hydrogens is 132 g/mol. The third kappa shape index (κ3) is 1.87. The van der Waals surface area contributed by atoms with E-state index < -0.39 is 0 Å². The van der Waals surface area contributed by atoms with Crippen LogP contribution in [0.3, 0.4) is 0 Å². The molecule has 0 N–H and O–H groups in total. The monoisotopic (exact) mass is 146 g/mol. The Bertz CT molecular complexity index is 86.9. The van der Waals surface area contributed by atoms with E-state index >= 15 is 0 Å². The second-order valence-electron chi connectivity index (χ2n) is 2.54. The van der Waals surface area contributed by atoms with Gasteiger partial charge in [0.15, 0.2) is 0 Å². The van der Waals surface area contributed by atoms with Gasteiger partial charge in [-0.2, -0.15) is 0 Å². The van der Waals surface area contributed by atoms with E-state index in [-0.39, 0.29) is 4.93 Å². The summed E-state index contributed by atoms with van der Waals surface area (Å²) in [5.74, 6) is 1.27. The molecule has 1 nitrogen and oxygen atoms in total. The molecule has 0 aromatic carbocycles. The van der Waals surface area contributed by atoms with Gasteiger partial charge in [-0.1, -0.05) is 6.92 Å². The molecule has 0 aromatic rings. The van der Waals surface area contributed by atoms with Crippen molar-refractivity contribution in [3.8, 4) is 0 Å². The maximum Gasteiger partial charge on any atom is 0.110 e. The maximum absolute atomic E-state index is 5.58. The second kappa shape index (κ2) is 2.93. The van der Waals surface area contributed by atoms with Gasteiger partial charge in [-0.25, -0.2) is 0 Å². The fourth-order valence-electron chi connectivity index (χ4n) is 0.881. The van der Waals surface area contributed by atoms with Gasteiger partial charge in [0.1, 0.15) is 4.93 Å². The normalized spacial score (nSPS) is 36.7. The zero-order valence-corrected chi connectivity index (χ0v) is 6.96. The van der Waals surface area contributed by atoms with Crippen molar-refractivity contribution < 1.29 is 4.74 Å². The van der Waals surface area contributed by atoms with E-state index in [0.29, 0.717) is 0 Å². The minimum atomic E-state index is 0.137. The summed E-state index contributed by atoms with van der Waals surface area (Å²) in [6.45, 7) is 5.31. The van der Waals surface area contributed by atoms with Crippen LogP contribution in [0.25, 0.3) is 0 Å². The zero-order valence-electron chi connectivity index (χ0n) is 6.14. The fraction of sp³-hybridized carbons (Fsp3) is 1.00. The predicted octanol–water partition coefficient (Wildman–Crippen LogP) is 2.27. The molecule has 54 valence electrons. The Morgan fingerprint density at radius 2 is 2.44 bits per heavy atom. The van der Waals surface area contributed by atoms with Crippen molar-refractivity contribution in [2.24, 2.45) is 0 Å². The first-order valence-electron chi connectivity index (χ1n) is 3.55. The van der Waals surface area contributed by atoms with Gasteiger partial charge < -0.3 is 4.74 Å². The Kier molecular flexibility index (Phi) is 2.42. The van der Waals surface area contributed by atoms with Gasteiger partial charge in [0, 0.05) is 6.61 Å². The van der Waals surface area contributed by atoms with Crippen molar-refractivity contribution in [2.45, 2.75) is 31.6 Å². The third-order valence-electron chi connectivity index (χ3n) is 1.75. The Balaban J connectivity index is 2.37. The summed E-state index contributed by atoms with van der Waals surface area (Å²) in [6, 6.07) is 0. The van der Waals surface area contributed by atoms with Gasteiger partial charge in [0.05, 0.1) is 0 Å². The number of rotatable bonds is 1. The molecule has 1 saturated heterocycles. The van der Waals surface area contributed by atoms with Gasteiger partial charge in [-0.15, -0.1) is 11.8 Å². The highest BCUT2D eigenvalue weighted by Crippen LogP contribution is 2.33. The lowest BCUT2D eigenvalue weighted by Gasteiger charge is -2.31. The van der Waals surface area contributed by atoms with E-state index in [1.165, 1.54) is 12.2 Å². The highest BCUT2D eigenvalue weighted by Gasteiger charge is 2.25. The van der Waals surface area contributed by atoms with Crippen molar-refractivity contribution in [1.82, 2.24) is 0 Å². The van der Waals surface area contributed by atoms with Crippen LogP contribution in [0.2, 0.25) is 0 Å². The van der Waals surface area contributed by atoms with Crippen molar-refractivity contribution in [1.29, 1.82) is 0 Å². The van der Waals surface area contributed by atoms with Gasteiger partial charge in [0.25, 0.3) is 0 Å². The first kappa shape index (κ1) is 7.42. The summed E-state index contributed by atoms with van der Waals surface area (Å²) in [7, 11) is 0. The van der Waals surface area contributed by atoms with E-state index in [9.17, 15) is 0 Å². The standard InChI is InChI=1S/C7H14OS/c1-3-7(2)8-5-4-6-9-7/h3-6H2,1-2H3. The van der Waals surface area contributed by atoms with Crippen molar-refractivity contribution in [3.05, 3.63) is 0 Å². The predicted molar refractivity (Wildman–Crippen MR) is 41.7 cm³/mol. The quantitative estimate of drug-likeness (QED) is 0.561. The molecule has 0 bridgehead atoms. The molecule has 1 unspecified atom stereocenters. The number of thioether (sulfide) groups is 1. The Hall–Kier alpha value is 0.310. The van der Waals surface area contributed by atoms with Crippen LogP contribution in [0.4, 0.5) is 0 Å². The van der Waals surface area contributed by atoms with E-state index in [0.717, 1.165) is 13.0 Å². The molecule has 0 radical (unpaired) electrons. The lowest BCUT2D eigenvalue weighted by Crippen LogP contribution is -2.28. The fourth-order valence-corrected chi connectivity index (χ4v) is 1.95. The van der Waals surface area contributed by atoms with Crippen LogP contribution in [-0.4, -0.2) is 17.3 Å². The molecule has 1 aliphatic heterocycles. The first-order chi connectivity index (χ1) is 4.27. The molecule has 1 fully saturated rings. The van der Waals surface area contributed by atoms with Crippen LogP contribution >= 0.6 is 11.8 Å². The molecule has 1 heterocycles. The van der Waals surface area contributed by atoms with Crippen LogP contribution < -0.4 is 0 Å². The molecule has 0 aliphatic carbocycles. The van der Waals surface area contributed by atoms with Crippen LogP contribution in [0.15, 0.2) is 0 Å². The van der Waals surface area contributed by atoms with E-state index in [1.54, 1.807) is 0 Å². The van der Waals surface area contributed by atoms with Crippen LogP contribution in [0.5, 0.6) is 0 Å². The third-order valence-corrected chi connectivity index (χ3v) is 3.26. The Morgan fingerprint density at radius 3 is 2.78 bits per heavy atom. The topological polar surface area (TPSA) is 9.23 Å². The van der Waals surface area contributed by atoms with Gasteiger partial charge in [-0.3, -0.25) is 0 Å². The molecule has 1 atom stereocenters. The van der Waals surface area contributed by atoms with Crippen LogP contribution in [0, 0.1) is 0 Å². The second-order valence-corrected chi connectivity index (χ2v) is 4.10. The number of hydrogen-bond acceptors (Lipinski definition) is 2. The van der Waals surface area contributed by atoms with Crippen molar-refractivity contribution >= 4 is 11.8 Å². The zero-order chi connectivity index (χ0) is 6.74. The summed E-state index contributed by atoms with van der Waals surface area (Å²) in [4.78, 5) is 0.137. The van der Waals surface area contributed by atoms with Gasteiger partial charge in [-0.05, 0) is 25.5 Å². The Morgan fingerprint density at radius 1 is 1.67 bits per heavy atom. The molecule has 1 aliphatic rings. The number of ether oxygens (including phenoxy) is 1. The van der Waals surface area contributed by atoms with Crippen molar-refractivity contribution in [3.63, 3.8) is 0 Å². The summed E-state index contributed by atoms with van der Waals surface area (Å²) in [6.07, 6.45) is 2.35. The van der Waals surface area contributed by atoms with Gasteiger partial charge >= 0.3 is 0 Å². The van der Waals surface area contributed by atoms with Crippen LogP contribution in [0.1, 0.15) is 26.7 Å². The van der Waals surface area contributed by atoms with Gasteiger partial charge in [0.2, 0.25) is 0 Å². The van der Waals surface area contributed by atoms with E-state index in [1.807, 2.05) is 11.8 Å². The molecule has 1 rings (SSSR count). The van der Waals surface area contributed by atoms with Crippen LogP contribution in [-0.2, 0) is 4.74 Å². The molecule has 0 aromatic heterocycles. The molecule has 0 amide bonds. The molecule has 0 saturated carbocycles. The summed E-state index contributed by atoms with van der Waals surface area (Å²) in [5, 5.41) is 0. The average Bonchev–Trinajstić information content (AvgIpc) is 1.90. The smallest absolute Gasteiger partial charge is 0.110 e. The Labute approximate surface area is 61.2 Å². The maximum atomic E-state index is 5.58. The lowest BCUT2D eigenvalue weighted by atomic mass is 10.3. The largest absolute Gasteiger partial charge is 0.365 e. The minimum Gasteiger partial charge on any atom is -0.365 e. The number of hydrogen-bond donors (Lipinski definition) is 0. The highest BCUT2D eigenvalue weighted by atomic mass is 32.2. The first-order valence-corrected chi connectivity index (χ1v) is 4.53. The van der Waals surface area contributed by atoms with Crippen molar-refractivity contribution in [2.75, 3.05) is 12.4 Å². The molecule has 0 spiro atoms. The summed E-state index contributed by atoms with van der Waals surface area (Å²) >= 11 is 1.94. The minimum absolute atomic E-state index is 0.137. The lowest BCUT2D eigenvalue weighted by molar-refractivity contribution is 0.0301. The average molecular weight is 146 g/mol. The van der Waals surface area contributed by atoms with E-state index in [2.05, 4.69) is 13.8 Å².